The van der Waals surface area contributed by atoms with Gasteiger partial charge in [0.2, 0.25) is 5.91 Å². The molecule has 1 aromatic carbocycles. The highest BCUT2D eigenvalue weighted by Gasteiger charge is 2.58. The summed E-state index contributed by atoms with van der Waals surface area (Å²) in [7, 11) is 0. The Morgan fingerprint density at radius 3 is 2.37 bits per heavy atom. The number of amides is 2. The fourth-order valence-corrected chi connectivity index (χ4v) is 5.71. The number of aromatic nitrogens is 4. The third-order valence-electron chi connectivity index (χ3n) is 8.07. The molecule has 0 saturated heterocycles. The first-order chi connectivity index (χ1) is 18.0. The summed E-state index contributed by atoms with van der Waals surface area (Å²) in [6, 6.07) is 7.19. The molecule has 0 bridgehead atoms. The Morgan fingerprint density at radius 1 is 1.08 bits per heavy atom. The Balaban J connectivity index is 1.41. The van der Waals surface area contributed by atoms with Crippen molar-refractivity contribution in [3.63, 3.8) is 0 Å². The van der Waals surface area contributed by atoms with Gasteiger partial charge in [-0.05, 0) is 82.6 Å². The quantitative estimate of drug-likeness (QED) is 0.384. The van der Waals surface area contributed by atoms with Gasteiger partial charge in [-0.25, -0.2) is 8.78 Å². The number of carbonyl (C=O) groups is 2. The van der Waals surface area contributed by atoms with Gasteiger partial charge >= 0.3 is 0 Å². The first kappa shape index (κ1) is 26.1. The second-order valence-corrected chi connectivity index (χ2v) is 11.2. The van der Waals surface area contributed by atoms with Crippen LogP contribution in [0.2, 0.25) is 0 Å². The van der Waals surface area contributed by atoms with Crippen LogP contribution in [0.25, 0.3) is 11.1 Å². The maximum absolute atomic E-state index is 15.3. The molecule has 2 saturated carbocycles. The fourth-order valence-electron chi connectivity index (χ4n) is 5.71. The van der Waals surface area contributed by atoms with Crippen LogP contribution >= 0.6 is 0 Å². The van der Waals surface area contributed by atoms with Crippen molar-refractivity contribution < 1.29 is 18.4 Å². The lowest BCUT2D eigenvalue weighted by molar-refractivity contribution is -0.136. The number of nitrogens with one attached hydrogen (secondary N) is 3. The van der Waals surface area contributed by atoms with Gasteiger partial charge in [0.15, 0.2) is 0 Å². The largest absolute Gasteiger partial charge is 0.338 e. The zero-order valence-electron chi connectivity index (χ0n) is 22.1. The van der Waals surface area contributed by atoms with Crippen LogP contribution in [0.3, 0.4) is 0 Å². The topological polar surface area (TPSA) is 105 Å². The number of hydrogen-bond donors (Lipinski definition) is 3. The Hall–Kier alpha value is -3.56. The number of nitrogens with zero attached hydrogens (tertiary/aromatic N) is 3. The smallest absolute Gasteiger partial charge is 0.270 e. The number of rotatable bonds is 7. The van der Waals surface area contributed by atoms with Crippen LogP contribution in [0.4, 0.5) is 14.5 Å². The van der Waals surface area contributed by atoms with E-state index in [1.165, 1.54) is 16.9 Å². The lowest BCUT2D eigenvalue weighted by atomic mass is 9.73. The van der Waals surface area contributed by atoms with Crippen LogP contribution in [0.5, 0.6) is 0 Å². The molecule has 3 N–H and O–H groups in total. The van der Waals surface area contributed by atoms with Gasteiger partial charge in [-0.15, -0.1) is 0 Å². The number of benzene rings is 1. The molecule has 10 heteroatoms. The third-order valence-corrected chi connectivity index (χ3v) is 8.07. The number of alkyl halides is 2. The van der Waals surface area contributed by atoms with E-state index in [2.05, 4.69) is 25.9 Å². The molecule has 2 heterocycles. The van der Waals surface area contributed by atoms with Gasteiger partial charge in [-0.3, -0.25) is 19.4 Å². The van der Waals surface area contributed by atoms with Crippen molar-refractivity contribution >= 4 is 17.5 Å². The van der Waals surface area contributed by atoms with Crippen molar-refractivity contribution in [1.29, 1.82) is 0 Å². The Kier molecular flexibility index (Phi) is 6.61. The second-order valence-electron chi connectivity index (χ2n) is 11.2. The maximum Gasteiger partial charge on any atom is 0.270 e. The highest BCUT2D eigenvalue weighted by molar-refractivity contribution is 6.01. The van der Waals surface area contributed by atoms with Gasteiger partial charge in [0, 0.05) is 35.6 Å². The molecule has 2 aliphatic carbocycles. The zero-order valence-corrected chi connectivity index (χ0v) is 22.1. The second kappa shape index (κ2) is 9.63. The lowest BCUT2D eigenvalue weighted by Crippen LogP contribution is -2.56. The van der Waals surface area contributed by atoms with Crippen molar-refractivity contribution in [2.45, 2.75) is 77.8 Å². The summed E-state index contributed by atoms with van der Waals surface area (Å²) in [6.07, 6.45) is 3.64. The number of halogens is 2. The zero-order chi connectivity index (χ0) is 27.2. The summed E-state index contributed by atoms with van der Waals surface area (Å²) >= 11 is 0. The van der Waals surface area contributed by atoms with Crippen LogP contribution in [-0.2, 0) is 4.79 Å². The van der Waals surface area contributed by atoms with Crippen LogP contribution in [0.15, 0.2) is 36.5 Å². The molecule has 2 aromatic heterocycles. The maximum atomic E-state index is 15.3. The van der Waals surface area contributed by atoms with E-state index in [4.69, 9.17) is 0 Å². The minimum absolute atomic E-state index is 0.107. The average Bonchev–Trinajstić information content (AvgIpc) is 3.27. The molecule has 2 fully saturated rings. The molecular weight excluding hydrogens is 490 g/mol. The molecule has 0 unspecified atom stereocenters. The highest BCUT2D eigenvalue weighted by atomic mass is 19.3. The summed E-state index contributed by atoms with van der Waals surface area (Å²) in [5.74, 6) is -5.61. The minimum Gasteiger partial charge on any atom is -0.338 e. The predicted molar refractivity (Wildman–Crippen MR) is 140 cm³/mol. The molecule has 5 rings (SSSR count). The molecule has 0 radical (unpaired) electrons. The van der Waals surface area contributed by atoms with E-state index in [-0.39, 0.29) is 30.0 Å². The van der Waals surface area contributed by atoms with Crippen LogP contribution in [-0.4, -0.2) is 43.8 Å². The first-order valence-corrected chi connectivity index (χ1v) is 13.1. The van der Waals surface area contributed by atoms with E-state index < -0.39 is 29.7 Å². The van der Waals surface area contributed by atoms with E-state index in [9.17, 15) is 9.59 Å². The lowest BCUT2D eigenvalue weighted by Gasteiger charge is -2.40. The molecule has 2 atom stereocenters. The molecule has 1 spiro atoms. The Labute approximate surface area is 220 Å². The van der Waals surface area contributed by atoms with Gasteiger partial charge in [0.05, 0.1) is 11.6 Å². The molecule has 2 amide bonds. The minimum atomic E-state index is -3.07. The molecule has 0 aliphatic heterocycles. The highest BCUT2D eigenvalue weighted by Crippen LogP contribution is 2.61. The van der Waals surface area contributed by atoms with Crippen molar-refractivity contribution in [1.82, 2.24) is 25.3 Å². The van der Waals surface area contributed by atoms with Crippen molar-refractivity contribution in [3.05, 3.63) is 53.6 Å². The van der Waals surface area contributed by atoms with Gasteiger partial charge in [0.1, 0.15) is 11.7 Å². The summed E-state index contributed by atoms with van der Waals surface area (Å²) in [4.78, 5) is 26.8. The van der Waals surface area contributed by atoms with Crippen molar-refractivity contribution in [3.8, 4) is 11.1 Å². The Bertz CT molecular complexity index is 1320. The van der Waals surface area contributed by atoms with Crippen LogP contribution < -0.4 is 10.6 Å². The summed E-state index contributed by atoms with van der Waals surface area (Å²) in [5.41, 5.74) is 4.24. The van der Waals surface area contributed by atoms with Crippen LogP contribution in [0.1, 0.15) is 73.9 Å². The number of anilines is 1. The van der Waals surface area contributed by atoms with E-state index in [1.54, 1.807) is 12.1 Å². The van der Waals surface area contributed by atoms with E-state index >= 15 is 8.78 Å². The number of aryl methyl sites for hydroxylation is 2. The first-order valence-electron chi connectivity index (χ1n) is 13.1. The molecule has 2 aliphatic rings. The van der Waals surface area contributed by atoms with Gasteiger partial charge in [0.25, 0.3) is 11.8 Å². The number of carbonyl (C=O) groups excluding carboxylic acids is 2. The molecule has 3 aromatic rings. The third kappa shape index (κ3) is 4.96. The SMILES string of the molecule is Cc1n[nH]c(C)c1-c1ccc(NC(=O)[C@@H](NC(=O)c2ccnn2C(C)C)[C@@H]2CC3(CC3)CCC2(F)F)cc1. The van der Waals surface area contributed by atoms with Gasteiger partial charge in [-0.2, -0.15) is 10.2 Å². The molecule has 202 valence electrons. The fraction of sp³-hybridized carbons (Fsp3) is 0.500. The standard InChI is InChI=1S/C28H34F2N6O2/c1-16(2)36-22(9-14-31-36)25(37)33-24(21-15-27(10-11-27)12-13-28(21,29)30)26(38)32-20-7-5-19(6-8-20)23-17(3)34-35-18(23)4/h5-9,14,16,21,24H,10-13,15H2,1-4H3,(H,32,38)(H,33,37)(H,34,35)/t21-,24-/m0/s1. The Morgan fingerprint density at radius 2 is 1.76 bits per heavy atom. The average molecular weight is 525 g/mol. The van der Waals surface area contributed by atoms with E-state index in [0.717, 1.165) is 35.4 Å². The molecule has 8 nitrogen and oxygen atoms in total. The van der Waals surface area contributed by atoms with Crippen molar-refractivity contribution in [2.75, 3.05) is 5.32 Å². The summed E-state index contributed by atoms with van der Waals surface area (Å²) in [5, 5.41) is 16.8. The monoisotopic (exact) mass is 524 g/mol. The molecular formula is C28H34F2N6O2. The predicted octanol–water partition coefficient (Wildman–Crippen LogP) is 5.42. The normalized spacial score (nSPS) is 20.3. The van der Waals surface area contributed by atoms with E-state index in [0.29, 0.717) is 12.1 Å². The van der Waals surface area contributed by atoms with Gasteiger partial charge < -0.3 is 10.6 Å². The van der Waals surface area contributed by atoms with Gasteiger partial charge in [-0.1, -0.05) is 12.1 Å². The molecule has 38 heavy (non-hydrogen) atoms. The summed E-state index contributed by atoms with van der Waals surface area (Å²) < 4.78 is 32.2. The number of aromatic amines is 1. The van der Waals surface area contributed by atoms with Crippen molar-refractivity contribution in [2.24, 2.45) is 11.3 Å². The number of hydrogen-bond acceptors (Lipinski definition) is 4. The number of H-pyrrole nitrogens is 1. The van der Waals surface area contributed by atoms with E-state index in [1.807, 2.05) is 39.8 Å². The van der Waals surface area contributed by atoms with Crippen LogP contribution in [0, 0.1) is 25.2 Å². The summed E-state index contributed by atoms with van der Waals surface area (Å²) in [6.45, 7) is 7.58.